The third-order valence-corrected chi connectivity index (χ3v) is 5.38. The zero-order valence-electron chi connectivity index (χ0n) is 20.5. The lowest BCUT2D eigenvalue weighted by Gasteiger charge is -2.15. The fraction of sp³-hybridized carbons (Fsp3) is 0.250. The molecule has 0 aromatic heterocycles. The lowest BCUT2D eigenvalue weighted by atomic mass is 10.0. The number of carbonyl (C=O) groups is 1. The molecule has 0 bridgehead atoms. The molecule has 0 amide bonds. The Labute approximate surface area is 210 Å². The van der Waals surface area contributed by atoms with Crippen LogP contribution >= 0.6 is 0 Å². The normalized spacial score (nSPS) is 12.1. The number of esters is 1. The van der Waals surface area contributed by atoms with Gasteiger partial charge in [-0.2, -0.15) is 0 Å². The van der Waals surface area contributed by atoms with Crippen molar-refractivity contribution in [3.63, 3.8) is 0 Å². The van der Waals surface area contributed by atoms with Gasteiger partial charge in [0.05, 0.1) is 26.9 Å². The fourth-order valence-electron chi connectivity index (χ4n) is 3.45. The molecular weight excluding hydrogens is 465 g/mol. The molecule has 0 saturated heterocycles. The van der Waals surface area contributed by atoms with Crippen molar-refractivity contribution in [1.29, 1.82) is 0 Å². The molecule has 0 aliphatic carbocycles. The molecular formula is C28H30FNO6. The van der Waals surface area contributed by atoms with Gasteiger partial charge in [-0.1, -0.05) is 30.3 Å². The van der Waals surface area contributed by atoms with Gasteiger partial charge in [-0.25, -0.2) is 9.18 Å². The zero-order valence-corrected chi connectivity index (χ0v) is 20.5. The predicted molar refractivity (Wildman–Crippen MR) is 135 cm³/mol. The molecule has 7 nitrogen and oxygen atoms in total. The lowest BCUT2D eigenvalue weighted by molar-refractivity contribution is -0.133. The molecule has 1 atom stereocenters. The minimum absolute atomic E-state index is 0.0847. The van der Waals surface area contributed by atoms with E-state index in [2.05, 4.69) is 5.32 Å². The van der Waals surface area contributed by atoms with Crippen molar-refractivity contribution < 1.29 is 33.2 Å². The van der Waals surface area contributed by atoms with Crippen molar-refractivity contribution in [1.82, 2.24) is 5.32 Å². The predicted octanol–water partition coefficient (Wildman–Crippen LogP) is 4.09. The minimum atomic E-state index is -0.738. The number of carbonyl (C=O) groups excluding carboxylic acids is 1. The number of ether oxygens (including phenoxy) is 4. The zero-order chi connectivity index (χ0) is 25.9. The van der Waals surface area contributed by atoms with E-state index in [0.717, 1.165) is 5.56 Å². The van der Waals surface area contributed by atoms with E-state index in [-0.39, 0.29) is 12.4 Å². The van der Waals surface area contributed by atoms with Gasteiger partial charge in [0.25, 0.3) is 0 Å². The topological polar surface area (TPSA) is 86.3 Å². The van der Waals surface area contributed by atoms with E-state index in [1.165, 1.54) is 19.2 Å². The van der Waals surface area contributed by atoms with Crippen LogP contribution in [0.3, 0.4) is 0 Å². The Hall–Kier alpha value is -3.88. The van der Waals surface area contributed by atoms with Gasteiger partial charge in [0.1, 0.15) is 35.8 Å². The highest BCUT2D eigenvalue weighted by atomic mass is 19.1. The summed E-state index contributed by atoms with van der Waals surface area (Å²) in [5.74, 6) is 1.09. The van der Waals surface area contributed by atoms with Crippen LogP contribution in [0.5, 0.6) is 17.2 Å². The van der Waals surface area contributed by atoms with Crippen LogP contribution < -0.4 is 19.5 Å². The van der Waals surface area contributed by atoms with Crippen LogP contribution in [0.2, 0.25) is 0 Å². The van der Waals surface area contributed by atoms with E-state index < -0.39 is 12.1 Å². The number of halogens is 1. The van der Waals surface area contributed by atoms with Crippen LogP contribution in [0.4, 0.5) is 4.39 Å². The Bertz CT molecular complexity index is 1160. The molecule has 0 saturated carbocycles. The molecule has 3 rings (SSSR count). The van der Waals surface area contributed by atoms with Crippen molar-refractivity contribution in [3.05, 3.63) is 89.2 Å². The molecule has 0 heterocycles. The Morgan fingerprint density at radius 1 is 0.972 bits per heavy atom. The minimum Gasteiger partial charge on any atom is -0.497 e. The van der Waals surface area contributed by atoms with Crippen molar-refractivity contribution in [2.24, 2.45) is 0 Å². The second-order valence-electron chi connectivity index (χ2n) is 7.90. The molecule has 0 spiro atoms. The van der Waals surface area contributed by atoms with Gasteiger partial charge in [-0.3, -0.25) is 0 Å². The summed E-state index contributed by atoms with van der Waals surface area (Å²) in [6, 6.07) is 18.2. The second-order valence-corrected chi connectivity index (χ2v) is 7.90. The lowest BCUT2D eigenvalue weighted by Crippen LogP contribution is -2.31. The summed E-state index contributed by atoms with van der Waals surface area (Å²) in [7, 11) is 4.50. The second kappa shape index (κ2) is 13.3. The van der Waals surface area contributed by atoms with E-state index in [9.17, 15) is 14.3 Å². The highest BCUT2D eigenvalue weighted by Crippen LogP contribution is 2.25. The molecule has 3 aromatic carbocycles. The Morgan fingerprint density at radius 3 is 2.31 bits per heavy atom. The van der Waals surface area contributed by atoms with Gasteiger partial charge in [0, 0.05) is 24.7 Å². The number of nitrogens with one attached hydrogen (secondary N) is 1. The molecule has 0 aliphatic rings. The van der Waals surface area contributed by atoms with Crippen molar-refractivity contribution in [2.45, 2.75) is 12.6 Å². The standard InChI is InChI=1S/C28H30FNO6/c1-33-25-13-8-21(27(15-25)34-2)16-30-17-23(31)18-36-24-11-6-20(7-12-24)26(28(32)35-3)14-19-4-9-22(29)10-5-19/h4-15,23,30-31H,16-18H2,1-3H3. The molecule has 0 aliphatic heterocycles. The van der Waals surface area contributed by atoms with Crippen LogP contribution in [0.1, 0.15) is 16.7 Å². The summed E-state index contributed by atoms with van der Waals surface area (Å²) in [5.41, 5.74) is 2.56. The highest BCUT2D eigenvalue weighted by Gasteiger charge is 2.14. The number of hydrogen-bond donors (Lipinski definition) is 2. The molecule has 0 fully saturated rings. The van der Waals surface area contributed by atoms with Crippen LogP contribution in [0.25, 0.3) is 11.6 Å². The first-order valence-corrected chi connectivity index (χ1v) is 11.3. The average Bonchev–Trinajstić information content (AvgIpc) is 2.91. The van der Waals surface area contributed by atoms with Gasteiger partial charge in [0.2, 0.25) is 0 Å². The van der Waals surface area contributed by atoms with Gasteiger partial charge < -0.3 is 29.4 Å². The van der Waals surface area contributed by atoms with E-state index in [1.807, 2.05) is 12.1 Å². The quantitative estimate of drug-likeness (QED) is 0.222. The Kier molecular flexibility index (Phi) is 9.85. The van der Waals surface area contributed by atoms with Gasteiger partial charge in [0.15, 0.2) is 0 Å². The SMILES string of the molecule is COC(=O)C(=Cc1ccc(F)cc1)c1ccc(OCC(O)CNCc2ccc(OC)cc2OC)cc1. The summed E-state index contributed by atoms with van der Waals surface area (Å²) >= 11 is 0. The average molecular weight is 496 g/mol. The van der Waals surface area contributed by atoms with Crippen LogP contribution in [-0.4, -0.2) is 51.7 Å². The maximum absolute atomic E-state index is 13.2. The van der Waals surface area contributed by atoms with E-state index in [0.29, 0.717) is 47.0 Å². The third-order valence-electron chi connectivity index (χ3n) is 5.38. The molecule has 190 valence electrons. The van der Waals surface area contributed by atoms with E-state index in [1.54, 1.807) is 62.8 Å². The molecule has 2 N–H and O–H groups in total. The van der Waals surface area contributed by atoms with Crippen molar-refractivity contribution in [3.8, 4) is 17.2 Å². The van der Waals surface area contributed by atoms with E-state index in [4.69, 9.17) is 18.9 Å². The summed E-state index contributed by atoms with van der Waals surface area (Å²) in [4.78, 5) is 12.3. The molecule has 0 radical (unpaired) electrons. The highest BCUT2D eigenvalue weighted by molar-refractivity contribution is 6.21. The third kappa shape index (κ3) is 7.56. The molecule has 36 heavy (non-hydrogen) atoms. The fourth-order valence-corrected chi connectivity index (χ4v) is 3.45. The Balaban J connectivity index is 1.54. The first-order valence-electron chi connectivity index (χ1n) is 11.3. The molecule has 1 unspecified atom stereocenters. The van der Waals surface area contributed by atoms with Gasteiger partial charge >= 0.3 is 5.97 Å². The summed E-state index contributed by atoms with van der Waals surface area (Å²) < 4.78 is 34.4. The summed E-state index contributed by atoms with van der Waals surface area (Å²) in [6.07, 6.45) is 0.895. The van der Waals surface area contributed by atoms with Crippen molar-refractivity contribution >= 4 is 17.6 Å². The van der Waals surface area contributed by atoms with Gasteiger partial charge in [-0.15, -0.1) is 0 Å². The first kappa shape index (κ1) is 26.7. The van der Waals surface area contributed by atoms with E-state index >= 15 is 0 Å². The number of methoxy groups -OCH3 is 3. The smallest absolute Gasteiger partial charge is 0.338 e. The number of rotatable bonds is 12. The van der Waals surface area contributed by atoms with Crippen molar-refractivity contribution in [2.75, 3.05) is 34.5 Å². The summed E-state index contributed by atoms with van der Waals surface area (Å²) in [6.45, 7) is 0.914. The Morgan fingerprint density at radius 2 is 1.67 bits per heavy atom. The number of aliphatic hydroxyl groups excluding tert-OH is 1. The maximum atomic E-state index is 13.2. The monoisotopic (exact) mass is 495 g/mol. The maximum Gasteiger partial charge on any atom is 0.338 e. The number of benzene rings is 3. The largest absolute Gasteiger partial charge is 0.497 e. The first-order chi connectivity index (χ1) is 17.4. The van der Waals surface area contributed by atoms with Crippen LogP contribution in [0, 0.1) is 5.82 Å². The number of hydrogen-bond acceptors (Lipinski definition) is 7. The molecule has 3 aromatic rings. The summed E-state index contributed by atoms with van der Waals surface area (Å²) in [5, 5.41) is 13.5. The van der Waals surface area contributed by atoms with Crippen LogP contribution in [0.15, 0.2) is 66.7 Å². The van der Waals surface area contributed by atoms with Crippen LogP contribution in [-0.2, 0) is 16.1 Å². The number of aliphatic hydroxyl groups is 1. The molecule has 8 heteroatoms. The van der Waals surface area contributed by atoms with Gasteiger partial charge in [-0.05, 0) is 47.5 Å².